The quantitative estimate of drug-likeness (QED) is 0.837. The summed E-state index contributed by atoms with van der Waals surface area (Å²) in [5, 5.41) is 0. The van der Waals surface area contributed by atoms with Crippen LogP contribution in [0.25, 0.3) is 0 Å². The van der Waals surface area contributed by atoms with Crippen molar-refractivity contribution >= 4 is 12.2 Å². The van der Waals surface area contributed by atoms with E-state index in [9.17, 15) is 0 Å². The van der Waals surface area contributed by atoms with Gasteiger partial charge in [-0.05, 0) is 31.2 Å². The Morgan fingerprint density at radius 1 is 1.59 bits per heavy atom. The zero-order chi connectivity index (χ0) is 12.3. The third kappa shape index (κ3) is 3.89. The number of rotatable bonds is 4. The van der Waals surface area contributed by atoms with E-state index in [1.165, 1.54) is 5.69 Å². The Bertz CT molecular complexity index is 422. The van der Waals surface area contributed by atoms with Gasteiger partial charge in [-0.15, -0.1) is 0 Å². The molecule has 0 radical (unpaired) electrons. The van der Waals surface area contributed by atoms with E-state index in [4.69, 9.17) is 17.0 Å². The summed E-state index contributed by atoms with van der Waals surface area (Å²) < 4.78 is 6.31. The lowest BCUT2D eigenvalue weighted by Gasteiger charge is -2.11. The number of nitrogens with zero attached hydrogens (tertiary/aromatic N) is 1. The smallest absolute Gasteiger partial charge is 0.129 e. The molecule has 17 heavy (non-hydrogen) atoms. The minimum atomic E-state index is 0.322. The summed E-state index contributed by atoms with van der Waals surface area (Å²) in [7, 11) is 0. The Hall–Kier alpha value is -0.740. The van der Waals surface area contributed by atoms with Gasteiger partial charge in [0.25, 0.3) is 0 Å². The molecule has 1 unspecified atom stereocenters. The third-order valence-corrected chi connectivity index (χ3v) is 3.13. The molecule has 1 N–H and O–H groups in total. The summed E-state index contributed by atoms with van der Waals surface area (Å²) in [6.45, 7) is 5.30. The van der Waals surface area contributed by atoms with Crippen LogP contribution in [-0.2, 0) is 17.6 Å². The summed E-state index contributed by atoms with van der Waals surface area (Å²) in [6.07, 6.45) is 4.50. The number of hydrogen-bond donors (Lipinski definition) is 1. The molecule has 1 aromatic rings. The molecule has 1 fully saturated rings. The molecular formula is C13H20N2OS. The van der Waals surface area contributed by atoms with Crippen molar-refractivity contribution in [3.05, 3.63) is 22.2 Å². The summed E-state index contributed by atoms with van der Waals surface area (Å²) in [6, 6.07) is 1.97. The van der Waals surface area contributed by atoms with E-state index < -0.39 is 0 Å². The van der Waals surface area contributed by atoms with Gasteiger partial charge in [-0.1, -0.05) is 26.1 Å². The maximum Gasteiger partial charge on any atom is 0.129 e. The van der Waals surface area contributed by atoms with E-state index in [0.29, 0.717) is 16.7 Å². The van der Waals surface area contributed by atoms with Crippen LogP contribution in [-0.4, -0.2) is 22.7 Å². The van der Waals surface area contributed by atoms with Crippen LogP contribution in [0.4, 0.5) is 0 Å². The molecule has 0 spiro atoms. The number of nitrogens with one attached hydrogen (secondary N) is 1. The maximum atomic E-state index is 5.62. The molecule has 0 saturated carbocycles. The van der Waals surface area contributed by atoms with E-state index in [0.717, 1.165) is 38.1 Å². The lowest BCUT2D eigenvalue weighted by atomic mass is 10.1. The molecule has 0 bridgehead atoms. The molecule has 1 saturated heterocycles. The van der Waals surface area contributed by atoms with Gasteiger partial charge in [0.15, 0.2) is 0 Å². The van der Waals surface area contributed by atoms with Gasteiger partial charge in [0.2, 0.25) is 0 Å². The number of aromatic nitrogens is 2. The predicted molar refractivity (Wildman–Crippen MR) is 70.6 cm³/mol. The number of ether oxygens (including phenoxy) is 1. The molecule has 1 atom stereocenters. The van der Waals surface area contributed by atoms with E-state index in [-0.39, 0.29) is 0 Å². The molecule has 1 aliphatic heterocycles. The fourth-order valence-corrected chi connectivity index (χ4v) is 2.48. The molecular weight excluding hydrogens is 232 g/mol. The van der Waals surface area contributed by atoms with Gasteiger partial charge >= 0.3 is 0 Å². The first kappa shape index (κ1) is 12.7. The van der Waals surface area contributed by atoms with Crippen LogP contribution in [0, 0.1) is 10.6 Å². The molecule has 1 aliphatic rings. The fourth-order valence-electron chi connectivity index (χ4n) is 2.23. The highest BCUT2D eigenvalue weighted by molar-refractivity contribution is 7.71. The number of hydrogen-bond acceptors (Lipinski definition) is 3. The molecule has 2 heterocycles. The Balaban J connectivity index is 2.10. The summed E-state index contributed by atoms with van der Waals surface area (Å²) in [5.74, 6) is 1.60. The Kier molecular flexibility index (Phi) is 4.29. The Morgan fingerprint density at radius 3 is 3.06 bits per heavy atom. The van der Waals surface area contributed by atoms with E-state index in [1.807, 2.05) is 6.07 Å². The van der Waals surface area contributed by atoms with Gasteiger partial charge in [0, 0.05) is 18.7 Å². The highest BCUT2D eigenvalue weighted by atomic mass is 32.1. The van der Waals surface area contributed by atoms with Crippen molar-refractivity contribution in [2.24, 2.45) is 5.92 Å². The molecule has 2 rings (SSSR count). The average molecular weight is 252 g/mol. The van der Waals surface area contributed by atoms with Gasteiger partial charge < -0.3 is 9.72 Å². The average Bonchev–Trinajstić information content (AvgIpc) is 2.67. The van der Waals surface area contributed by atoms with Crippen LogP contribution >= 0.6 is 12.2 Å². The minimum Gasteiger partial charge on any atom is -0.378 e. The molecule has 0 aliphatic carbocycles. The van der Waals surface area contributed by atoms with Crippen LogP contribution < -0.4 is 0 Å². The normalized spacial score (nSPS) is 20.1. The van der Waals surface area contributed by atoms with E-state index in [1.54, 1.807) is 0 Å². The lowest BCUT2D eigenvalue weighted by Crippen LogP contribution is -2.13. The van der Waals surface area contributed by atoms with E-state index in [2.05, 4.69) is 23.8 Å². The van der Waals surface area contributed by atoms with Gasteiger partial charge in [-0.3, -0.25) is 0 Å². The minimum absolute atomic E-state index is 0.322. The topological polar surface area (TPSA) is 37.9 Å². The molecule has 0 amide bonds. The van der Waals surface area contributed by atoms with Crippen molar-refractivity contribution in [1.82, 2.24) is 9.97 Å². The number of H-pyrrole nitrogens is 1. The van der Waals surface area contributed by atoms with E-state index >= 15 is 0 Å². The lowest BCUT2D eigenvalue weighted by molar-refractivity contribution is 0.110. The Labute approximate surface area is 108 Å². The highest BCUT2D eigenvalue weighted by Gasteiger charge is 2.17. The van der Waals surface area contributed by atoms with Gasteiger partial charge in [0.05, 0.1) is 6.10 Å². The second-order valence-electron chi connectivity index (χ2n) is 5.13. The van der Waals surface area contributed by atoms with Crippen LogP contribution in [0.15, 0.2) is 6.07 Å². The third-order valence-electron chi connectivity index (χ3n) is 2.92. The van der Waals surface area contributed by atoms with Crippen molar-refractivity contribution in [1.29, 1.82) is 0 Å². The highest BCUT2D eigenvalue weighted by Crippen LogP contribution is 2.16. The van der Waals surface area contributed by atoms with Crippen molar-refractivity contribution in [3.63, 3.8) is 0 Å². The van der Waals surface area contributed by atoms with Gasteiger partial charge in [-0.2, -0.15) is 0 Å². The van der Waals surface area contributed by atoms with Crippen LogP contribution in [0.5, 0.6) is 0 Å². The standard InChI is InChI=1S/C13H20N2OS/c1-9(2)6-10-7-13(17)15-12(14-10)8-11-4-3-5-16-11/h7,9,11H,3-6,8H2,1-2H3,(H,14,15,17). The summed E-state index contributed by atoms with van der Waals surface area (Å²) >= 11 is 5.21. The predicted octanol–water partition coefficient (Wildman–Crippen LogP) is 3.06. The zero-order valence-electron chi connectivity index (χ0n) is 10.5. The van der Waals surface area contributed by atoms with Crippen molar-refractivity contribution in [2.45, 2.75) is 45.6 Å². The monoisotopic (exact) mass is 252 g/mol. The first-order valence-electron chi connectivity index (χ1n) is 6.34. The zero-order valence-corrected chi connectivity index (χ0v) is 11.3. The molecule has 0 aromatic carbocycles. The Morgan fingerprint density at radius 2 is 2.41 bits per heavy atom. The van der Waals surface area contributed by atoms with Crippen molar-refractivity contribution < 1.29 is 4.74 Å². The van der Waals surface area contributed by atoms with Crippen LogP contribution in [0.3, 0.4) is 0 Å². The number of aromatic amines is 1. The van der Waals surface area contributed by atoms with Crippen molar-refractivity contribution in [2.75, 3.05) is 6.61 Å². The second-order valence-corrected chi connectivity index (χ2v) is 5.55. The van der Waals surface area contributed by atoms with Gasteiger partial charge in [-0.25, -0.2) is 4.98 Å². The molecule has 4 heteroatoms. The summed E-state index contributed by atoms with van der Waals surface area (Å²) in [4.78, 5) is 7.77. The molecule has 94 valence electrons. The first-order valence-corrected chi connectivity index (χ1v) is 6.75. The largest absolute Gasteiger partial charge is 0.378 e. The maximum absolute atomic E-state index is 5.62. The fraction of sp³-hybridized carbons (Fsp3) is 0.692. The summed E-state index contributed by atoms with van der Waals surface area (Å²) in [5.41, 5.74) is 1.19. The van der Waals surface area contributed by atoms with Crippen LogP contribution in [0.1, 0.15) is 38.2 Å². The van der Waals surface area contributed by atoms with Gasteiger partial charge in [0.1, 0.15) is 10.5 Å². The SMILES string of the molecule is CC(C)Cc1cc(=S)nc(CC2CCCO2)[nH]1. The molecule has 3 nitrogen and oxygen atoms in total. The van der Waals surface area contributed by atoms with Crippen molar-refractivity contribution in [3.8, 4) is 0 Å². The second kappa shape index (κ2) is 5.74. The molecule has 1 aromatic heterocycles. The first-order chi connectivity index (χ1) is 8.13. The van der Waals surface area contributed by atoms with Crippen LogP contribution in [0.2, 0.25) is 0 Å².